The van der Waals surface area contributed by atoms with Gasteiger partial charge in [-0.2, -0.15) is 21.0 Å². The Morgan fingerprint density at radius 3 is 2.50 bits per heavy atom. The number of terminal acetylenes is 1. The van der Waals surface area contributed by atoms with E-state index in [1.807, 2.05) is 0 Å². The highest BCUT2D eigenvalue weighted by molar-refractivity contribution is 7.81. The Morgan fingerprint density at radius 2 is 2.00 bits per heavy atom. The Labute approximate surface area is 99.5 Å². The van der Waals surface area contributed by atoms with Crippen molar-refractivity contribution in [3.8, 4) is 18.1 Å². The van der Waals surface area contributed by atoms with E-state index in [4.69, 9.17) is 6.42 Å². The van der Waals surface area contributed by atoms with Crippen LogP contribution in [0.15, 0.2) is 18.2 Å². The summed E-state index contributed by atoms with van der Waals surface area (Å²) >= 11 is 4.03. The fourth-order valence-electron chi connectivity index (χ4n) is 1.20. The SMILES string of the molecule is C#CCc1cc(CS)cc(OS(=O)(=O)F)c1. The van der Waals surface area contributed by atoms with Gasteiger partial charge in [-0.1, -0.05) is 9.95 Å². The molecule has 6 heteroatoms. The number of rotatable bonds is 4. The first-order chi connectivity index (χ1) is 7.44. The summed E-state index contributed by atoms with van der Waals surface area (Å²) in [5, 5.41) is 0. The number of hydrogen-bond acceptors (Lipinski definition) is 4. The predicted octanol–water partition coefficient (Wildman–Crippen LogP) is 1.89. The van der Waals surface area contributed by atoms with Crippen LogP contribution in [0.1, 0.15) is 11.1 Å². The smallest absolute Gasteiger partial charge is 0.358 e. The summed E-state index contributed by atoms with van der Waals surface area (Å²) in [6.45, 7) is 0. The summed E-state index contributed by atoms with van der Waals surface area (Å²) in [5.41, 5.74) is 1.38. The van der Waals surface area contributed by atoms with Crippen LogP contribution in [0.4, 0.5) is 3.89 Å². The maximum atomic E-state index is 12.3. The number of hydrogen-bond donors (Lipinski definition) is 1. The maximum Gasteiger partial charge on any atom is 0.488 e. The van der Waals surface area contributed by atoms with Gasteiger partial charge in [0.2, 0.25) is 0 Å². The van der Waals surface area contributed by atoms with E-state index < -0.39 is 10.5 Å². The molecule has 0 aromatic heterocycles. The molecule has 1 aromatic carbocycles. The van der Waals surface area contributed by atoms with E-state index in [-0.39, 0.29) is 5.75 Å². The molecule has 3 nitrogen and oxygen atoms in total. The number of benzene rings is 1. The van der Waals surface area contributed by atoms with E-state index in [9.17, 15) is 12.3 Å². The molecular formula is C10H9FO3S2. The van der Waals surface area contributed by atoms with Crippen molar-refractivity contribution in [1.29, 1.82) is 0 Å². The number of thiol groups is 1. The first-order valence-electron chi connectivity index (χ1n) is 4.26. The van der Waals surface area contributed by atoms with Gasteiger partial charge < -0.3 is 4.18 Å². The second kappa shape index (κ2) is 5.23. The van der Waals surface area contributed by atoms with E-state index in [0.717, 1.165) is 0 Å². The summed E-state index contributed by atoms with van der Waals surface area (Å²) in [5.74, 6) is 2.68. The van der Waals surface area contributed by atoms with E-state index in [1.165, 1.54) is 12.1 Å². The van der Waals surface area contributed by atoms with Crippen LogP contribution in [-0.2, 0) is 22.7 Å². The van der Waals surface area contributed by atoms with Gasteiger partial charge in [0.25, 0.3) is 0 Å². The third-order valence-corrected chi connectivity index (χ3v) is 2.47. The van der Waals surface area contributed by atoms with Crippen LogP contribution in [0, 0.1) is 12.3 Å². The van der Waals surface area contributed by atoms with Gasteiger partial charge in [0.15, 0.2) is 0 Å². The Kier molecular flexibility index (Phi) is 4.21. The molecule has 0 heterocycles. The highest BCUT2D eigenvalue weighted by atomic mass is 32.3. The normalized spacial score (nSPS) is 10.8. The Balaban J connectivity index is 3.10. The van der Waals surface area contributed by atoms with Crippen molar-refractivity contribution in [2.75, 3.05) is 0 Å². The van der Waals surface area contributed by atoms with Crippen LogP contribution in [0.3, 0.4) is 0 Å². The minimum absolute atomic E-state index is 0.0979. The molecule has 0 N–H and O–H groups in total. The van der Waals surface area contributed by atoms with Crippen LogP contribution >= 0.6 is 12.6 Å². The van der Waals surface area contributed by atoms with Crippen molar-refractivity contribution in [2.24, 2.45) is 0 Å². The van der Waals surface area contributed by atoms with Gasteiger partial charge in [-0.3, -0.25) is 0 Å². The van der Waals surface area contributed by atoms with Crippen molar-refractivity contribution in [3.63, 3.8) is 0 Å². The topological polar surface area (TPSA) is 43.4 Å². The van der Waals surface area contributed by atoms with E-state index in [0.29, 0.717) is 23.3 Å². The first kappa shape index (κ1) is 12.9. The highest BCUT2D eigenvalue weighted by Crippen LogP contribution is 2.20. The molecule has 1 aromatic rings. The third-order valence-electron chi connectivity index (χ3n) is 1.71. The molecule has 16 heavy (non-hydrogen) atoms. The van der Waals surface area contributed by atoms with Crippen LogP contribution in [0.5, 0.6) is 5.75 Å². The van der Waals surface area contributed by atoms with Crippen LogP contribution in [0.25, 0.3) is 0 Å². The van der Waals surface area contributed by atoms with Gasteiger partial charge in [0.05, 0.1) is 0 Å². The third kappa shape index (κ3) is 4.13. The molecule has 0 fully saturated rings. The van der Waals surface area contributed by atoms with Crippen LogP contribution in [0.2, 0.25) is 0 Å². The molecule has 86 valence electrons. The lowest BCUT2D eigenvalue weighted by Gasteiger charge is -2.05. The minimum Gasteiger partial charge on any atom is -0.358 e. The predicted molar refractivity (Wildman–Crippen MR) is 62.3 cm³/mol. The fraction of sp³-hybridized carbons (Fsp3) is 0.200. The van der Waals surface area contributed by atoms with Gasteiger partial charge in [-0.25, -0.2) is 0 Å². The molecule has 0 atom stereocenters. The second-order valence-electron chi connectivity index (χ2n) is 3.00. The molecule has 0 aliphatic rings. The van der Waals surface area contributed by atoms with Gasteiger partial charge in [-0.15, -0.1) is 12.3 Å². The monoisotopic (exact) mass is 260 g/mol. The van der Waals surface area contributed by atoms with Gasteiger partial charge in [-0.05, 0) is 23.3 Å². The van der Waals surface area contributed by atoms with Gasteiger partial charge in [0, 0.05) is 12.2 Å². The summed E-state index contributed by atoms with van der Waals surface area (Å²) < 4.78 is 37.1. The lowest BCUT2D eigenvalue weighted by molar-refractivity contribution is 0.440. The number of halogens is 1. The van der Waals surface area contributed by atoms with Gasteiger partial charge >= 0.3 is 10.5 Å². The molecule has 0 aliphatic carbocycles. The standard InChI is InChI=1S/C10H9FO3S2/c1-2-3-8-4-9(7-15)6-10(5-8)14-16(11,12)13/h1,4-6,15H,3,7H2. The minimum atomic E-state index is -5.01. The maximum absolute atomic E-state index is 12.3. The molecule has 0 amide bonds. The molecule has 0 saturated carbocycles. The first-order valence-corrected chi connectivity index (χ1v) is 6.20. The van der Waals surface area contributed by atoms with Crippen molar-refractivity contribution in [1.82, 2.24) is 0 Å². The van der Waals surface area contributed by atoms with Crippen molar-refractivity contribution in [3.05, 3.63) is 29.3 Å². The molecule has 1 rings (SSSR count). The summed E-state index contributed by atoms with van der Waals surface area (Å²) in [7, 11) is -5.01. The van der Waals surface area contributed by atoms with E-state index >= 15 is 0 Å². The van der Waals surface area contributed by atoms with Crippen molar-refractivity contribution in [2.45, 2.75) is 12.2 Å². The fourth-order valence-corrected chi connectivity index (χ4v) is 1.71. The lowest BCUT2D eigenvalue weighted by Crippen LogP contribution is -2.02. The zero-order valence-electron chi connectivity index (χ0n) is 8.18. The Bertz CT molecular complexity index is 517. The summed E-state index contributed by atoms with van der Waals surface area (Å²) in [4.78, 5) is 0. The average Bonchev–Trinajstić information content (AvgIpc) is 2.15. The average molecular weight is 260 g/mol. The zero-order chi connectivity index (χ0) is 12.2. The van der Waals surface area contributed by atoms with Gasteiger partial charge in [0.1, 0.15) is 5.75 Å². The quantitative estimate of drug-likeness (QED) is 0.511. The molecule has 0 bridgehead atoms. The molecule has 0 aliphatic heterocycles. The van der Waals surface area contributed by atoms with Crippen molar-refractivity contribution < 1.29 is 16.5 Å². The molecule has 0 radical (unpaired) electrons. The van der Waals surface area contributed by atoms with Crippen LogP contribution < -0.4 is 4.18 Å². The molecule has 0 unspecified atom stereocenters. The summed E-state index contributed by atoms with van der Waals surface area (Å²) in [6.07, 6.45) is 5.44. The van der Waals surface area contributed by atoms with E-state index in [1.54, 1.807) is 6.07 Å². The lowest BCUT2D eigenvalue weighted by atomic mass is 10.1. The Morgan fingerprint density at radius 1 is 1.38 bits per heavy atom. The second-order valence-corrected chi connectivity index (χ2v) is 4.27. The zero-order valence-corrected chi connectivity index (χ0v) is 9.89. The molecule has 0 spiro atoms. The molecular weight excluding hydrogens is 251 g/mol. The highest BCUT2D eigenvalue weighted by Gasteiger charge is 2.10. The van der Waals surface area contributed by atoms with Crippen LogP contribution in [-0.4, -0.2) is 8.42 Å². The molecule has 0 saturated heterocycles. The van der Waals surface area contributed by atoms with E-state index in [2.05, 4.69) is 22.7 Å². The largest absolute Gasteiger partial charge is 0.488 e. The Hall–Kier alpha value is -1.19. The summed E-state index contributed by atoms with van der Waals surface area (Å²) in [6, 6.07) is 4.53. The van der Waals surface area contributed by atoms with Crippen molar-refractivity contribution >= 4 is 23.1 Å².